The van der Waals surface area contributed by atoms with Gasteiger partial charge in [-0.25, -0.2) is 0 Å². The lowest BCUT2D eigenvalue weighted by molar-refractivity contribution is -0.143. The minimum atomic E-state index is -0.680. The Morgan fingerprint density at radius 2 is 2.22 bits per heavy atom. The number of rotatable bonds is 6. The molecule has 98 valence electrons. The number of methoxy groups -OCH3 is 1. The summed E-state index contributed by atoms with van der Waals surface area (Å²) in [4.78, 5) is 11.0. The number of carboxylic acid groups (broad SMARTS) is 1. The average molecular weight is 249 g/mol. The van der Waals surface area contributed by atoms with Gasteiger partial charge in [0.1, 0.15) is 5.75 Å². The maximum Gasteiger partial charge on any atom is 0.310 e. The molecule has 0 saturated heterocycles. The molecule has 1 fully saturated rings. The average Bonchev–Trinajstić information content (AvgIpc) is 3.10. The third-order valence-corrected chi connectivity index (χ3v) is 3.56. The first kappa shape index (κ1) is 12.9. The van der Waals surface area contributed by atoms with E-state index in [0.717, 1.165) is 29.7 Å². The Bertz CT molecular complexity index is 452. The van der Waals surface area contributed by atoms with E-state index in [-0.39, 0.29) is 0 Å². The van der Waals surface area contributed by atoms with Crippen LogP contribution in [0.3, 0.4) is 0 Å². The second kappa shape index (κ2) is 4.98. The molecule has 0 unspecified atom stereocenters. The number of ether oxygens (including phenoxy) is 1. The van der Waals surface area contributed by atoms with E-state index >= 15 is 0 Å². The molecule has 2 rings (SSSR count). The molecule has 1 aliphatic carbocycles. The molecule has 18 heavy (non-hydrogen) atoms. The van der Waals surface area contributed by atoms with Crippen molar-refractivity contribution in [3.8, 4) is 5.75 Å². The van der Waals surface area contributed by atoms with Crippen LogP contribution >= 0.6 is 0 Å². The van der Waals surface area contributed by atoms with Crippen molar-refractivity contribution in [3.63, 3.8) is 0 Å². The first-order valence-electron chi connectivity index (χ1n) is 6.15. The highest BCUT2D eigenvalue weighted by atomic mass is 16.5. The van der Waals surface area contributed by atoms with Crippen molar-refractivity contribution in [2.75, 3.05) is 13.7 Å². The summed E-state index contributed by atoms with van der Waals surface area (Å²) in [6, 6.07) is 6.00. The van der Waals surface area contributed by atoms with E-state index in [9.17, 15) is 4.79 Å². The molecule has 2 N–H and O–H groups in total. The Kier molecular flexibility index (Phi) is 3.57. The standard InChI is InChI=1S/C14H19NO3/c1-10-7-11(3-4-12(10)18-2)8-15-9-14(5-6-14)13(16)17/h3-4,7,15H,5-6,8-9H2,1-2H3,(H,16,17). The maximum atomic E-state index is 11.0. The summed E-state index contributed by atoms with van der Waals surface area (Å²) in [5.74, 6) is 0.198. The number of benzene rings is 1. The molecule has 0 spiro atoms. The van der Waals surface area contributed by atoms with Gasteiger partial charge in [-0.3, -0.25) is 4.79 Å². The molecule has 0 amide bonds. The summed E-state index contributed by atoms with van der Waals surface area (Å²) in [6.07, 6.45) is 1.58. The third-order valence-electron chi connectivity index (χ3n) is 3.56. The first-order valence-corrected chi connectivity index (χ1v) is 6.15. The van der Waals surface area contributed by atoms with Crippen LogP contribution in [0.4, 0.5) is 0 Å². The molecule has 0 bridgehead atoms. The summed E-state index contributed by atoms with van der Waals surface area (Å²) in [5.41, 5.74) is 1.74. The molecule has 1 aliphatic rings. The Balaban J connectivity index is 1.87. The summed E-state index contributed by atoms with van der Waals surface area (Å²) in [7, 11) is 1.66. The Hall–Kier alpha value is -1.55. The van der Waals surface area contributed by atoms with Gasteiger partial charge in [0.2, 0.25) is 0 Å². The number of aryl methyl sites for hydroxylation is 1. The van der Waals surface area contributed by atoms with Gasteiger partial charge in [0.05, 0.1) is 12.5 Å². The van der Waals surface area contributed by atoms with Gasteiger partial charge in [-0.05, 0) is 37.0 Å². The van der Waals surface area contributed by atoms with Crippen molar-refractivity contribution in [2.24, 2.45) is 5.41 Å². The van der Waals surface area contributed by atoms with Crippen LogP contribution in [0.25, 0.3) is 0 Å². The topological polar surface area (TPSA) is 58.6 Å². The number of aliphatic carboxylic acids is 1. The summed E-state index contributed by atoms with van der Waals surface area (Å²) in [6.45, 7) is 3.25. The molecular formula is C14H19NO3. The van der Waals surface area contributed by atoms with E-state index in [1.165, 1.54) is 0 Å². The van der Waals surface area contributed by atoms with Crippen molar-refractivity contribution in [3.05, 3.63) is 29.3 Å². The lowest BCUT2D eigenvalue weighted by atomic mass is 10.1. The molecule has 0 aliphatic heterocycles. The second-order valence-electron chi connectivity index (χ2n) is 4.99. The largest absolute Gasteiger partial charge is 0.496 e. The van der Waals surface area contributed by atoms with E-state index in [0.29, 0.717) is 13.1 Å². The fraction of sp³-hybridized carbons (Fsp3) is 0.500. The number of hydrogen-bond acceptors (Lipinski definition) is 3. The highest BCUT2D eigenvalue weighted by Gasteiger charge is 2.49. The second-order valence-corrected chi connectivity index (χ2v) is 4.99. The van der Waals surface area contributed by atoms with Crippen LogP contribution in [0.1, 0.15) is 24.0 Å². The molecule has 0 atom stereocenters. The Morgan fingerprint density at radius 3 is 2.72 bits per heavy atom. The molecule has 1 aromatic rings. The highest BCUT2D eigenvalue weighted by molar-refractivity contribution is 5.78. The number of carbonyl (C=O) groups is 1. The zero-order valence-corrected chi connectivity index (χ0v) is 10.8. The molecule has 0 radical (unpaired) electrons. The van der Waals surface area contributed by atoms with Gasteiger partial charge in [-0.1, -0.05) is 12.1 Å². The zero-order chi connectivity index (χ0) is 13.2. The van der Waals surface area contributed by atoms with E-state index in [1.54, 1.807) is 7.11 Å². The van der Waals surface area contributed by atoms with Gasteiger partial charge < -0.3 is 15.2 Å². The molecule has 4 nitrogen and oxygen atoms in total. The lowest BCUT2D eigenvalue weighted by Crippen LogP contribution is -2.29. The van der Waals surface area contributed by atoms with Gasteiger partial charge in [-0.2, -0.15) is 0 Å². The number of carboxylic acids is 1. The SMILES string of the molecule is COc1ccc(CNCC2(C(=O)O)CC2)cc1C. The van der Waals surface area contributed by atoms with Crippen LogP contribution in [-0.4, -0.2) is 24.7 Å². The minimum Gasteiger partial charge on any atom is -0.496 e. The normalized spacial score (nSPS) is 16.3. The fourth-order valence-corrected chi connectivity index (χ4v) is 2.11. The molecule has 4 heteroatoms. The zero-order valence-electron chi connectivity index (χ0n) is 10.8. The van der Waals surface area contributed by atoms with Crippen molar-refractivity contribution >= 4 is 5.97 Å². The van der Waals surface area contributed by atoms with Crippen molar-refractivity contribution in [2.45, 2.75) is 26.3 Å². The molecular weight excluding hydrogens is 230 g/mol. The predicted molar refractivity (Wildman–Crippen MR) is 68.7 cm³/mol. The van der Waals surface area contributed by atoms with Gasteiger partial charge in [0.25, 0.3) is 0 Å². The van der Waals surface area contributed by atoms with Gasteiger partial charge in [0, 0.05) is 13.1 Å². The van der Waals surface area contributed by atoms with Gasteiger partial charge >= 0.3 is 5.97 Å². The number of nitrogens with one attached hydrogen (secondary N) is 1. The van der Waals surface area contributed by atoms with Crippen molar-refractivity contribution < 1.29 is 14.6 Å². The molecule has 1 aromatic carbocycles. The van der Waals surface area contributed by atoms with Crippen LogP contribution < -0.4 is 10.1 Å². The minimum absolute atomic E-state index is 0.498. The predicted octanol–water partition coefficient (Wildman–Crippen LogP) is 1.96. The quantitative estimate of drug-likeness (QED) is 0.809. The molecule has 1 saturated carbocycles. The van der Waals surface area contributed by atoms with Crippen molar-refractivity contribution in [1.82, 2.24) is 5.32 Å². The van der Waals surface area contributed by atoms with Crippen LogP contribution in [0.2, 0.25) is 0 Å². The maximum absolute atomic E-state index is 11.0. The summed E-state index contributed by atoms with van der Waals surface area (Å²) in [5, 5.41) is 12.3. The van der Waals surface area contributed by atoms with Crippen LogP contribution in [0, 0.1) is 12.3 Å². The Morgan fingerprint density at radius 1 is 1.50 bits per heavy atom. The molecule has 0 aromatic heterocycles. The van der Waals surface area contributed by atoms with Gasteiger partial charge in [0.15, 0.2) is 0 Å². The summed E-state index contributed by atoms with van der Waals surface area (Å²) < 4.78 is 5.20. The van der Waals surface area contributed by atoms with Crippen molar-refractivity contribution in [1.29, 1.82) is 0 Å². The van der Waals surface area contributed by atoms with E-state index in [2.05, 4.69) is 11.4 Å². The highest BCUT2D eigenvalue weighted by Crippen LogP contribution is 2.45. The first-order chi connectivity index (χ1) is 8.57. The monoisotopic (exact) mass is 249 g/mol. The van der Waals surface area contributed by atoms with Gasteiger partial charge in [-0.15, -0.1) is 0 Å². The Labute approximate surface area is 107 Å². The number of hydrogen-bond donors (Lipinski definition) is 2. The fourth-order valence-electron chi connectivity index (χ4n) is 2.11. The van der Waals surface area contributed by atoms with Crippen LogP contribution in [0.5, 0.6) is 5.75 Å². The smallest absolute Gasteiger partial charge is 0.310 e. The lowest BCUT2D eigenvalue weighted by Gasteiger charge is -2.12. The third kappa shape index (κ3) is 2.64. The van der Waals surface area contributed by atoms with Crippen LogP contribution in [-0.2, 0) is 11.3 Å². The van der Waals surface area contributed by atoms with E-state index in [1.807, 2.05) is 19.1 Å². The van der Waals surface area contributed by atoms with E-state index < -0.39 is 11.4 Å². The summed E-state index contributed by atoms with van der Waals surface area (Å²) >= 11 is 0. The molecule has 0 heterocycles. The van der Waals surface area contributed by atoms with Crippen LogP contribution in [0.15, 0.2) is 18.2 Å². The van der Waals surface area contributed by atoms with E-state index in [4.69, 9.17) is 9.84 Å².